The van der Waals surface area contributed by atoms with E-state index in [0.717, 1.165) is 16.3 Å². The number of amides is 3. The Morgan fingerprint density at radius 3 is 2.34 bits per heavy atom. The number of urea groups is 1. The molecule has 10 heteroatoms. The van der Waals surface area contributed by atoms with Gasteiger partial charge in [-0.15, -0.1) is 0 Å². The van der Waals surface area contributed by atoms with E-state index >= 15 is 0 Å². The normalized spacial score (nSPS) is 13.1. The largest absolute Gasteiger partial charge is 0.406 e. The van der Waals surface area contributed by atoms with Crippen LogP contribution in [0.4, 0.5) is 18.0 Å². The molecule has 2 aromatic rings. The van der Waals surface area contributed by atoms with Gasteiger partial charge in [-0.25, -0.2) is 9.78 Å². The number of hydrogen-bond donors (Lipinski definition) is 2. The molecule has 1 atom stereocenters. The number of hydrogen-bond acceptors (Lipinski definition) is 4. The van der Waals surface area contributed by atoms with Crippen LogP contribution in [0.2, 0.25) is 0 Å². The molecule has 0 saturated heterocycles. The highest BCUT2D eigenvalue weighted by Crippen LogP contribution is 2.31. The van der Waals surface area contributed by atoms with E-state index < -0.39 is 35.4 Å². The number of imide groups is 1. The molecule has 0 aliphatic heterocycles. The zero-order chi connectivity index (χ0) is 21.8. The lowest BCUT2D eigenvalue weighted by Crippen LogP contribution is -2.49. The minimum absolute atomic E-state index is 0.0417. The Hall–Kier alpha value is -2.49. The maximum atomic E-state index is 13.1. The summed E-state index contributed by atoms with van der Waals surface area (Å²) in [6, 6.07) is 7.90. The lowest BCUT2D eigenvalue weighted by molar-refractivity contribution is -0.141. The minimum Gasteiger partial charge on any atom is -0.333 e. The SMILES string of the molecule is CC(Sc1ncc(-c2ccccc2)n1CC(F)(F)F)C(=O)NC(=O)NC(C)(C)C. The summed E-state index contributed by atoms with van der Waals surface area (Å²) in [5, 5.41) is 3.99. The number of nitrogens with one attached hydrogen (secondary N) is 2. The van der Waals surface area contributed by atoms with E-state index in [-0.39, 0.29) is 5.16 Å². The number of rotatable bonds is 5. The Morgan fingerprint density at radius 1 is 1.17 bits per heavy atom. The van der Waals surface area contributed by atoms with Crippen molar-refractivity contribution in [2.24, 2.45) is 0 Å². The molecular formula is C19H23F3N4O2S. The van der Waals surface area contributed by atoms with Crippen LogP contribution < -0.4 is 10.6 Å². The van der Waals surface area contributed by atoms with Crippen LogP contribution in [0.1, 0.15) is 27.7 Å². The Kier molecular flexibility index (Phi) is 6.99. The first-order valence-corrected chi connectivity index (χ1v) is 9.71. The number of benzene rings is 1. The predicted octanol–water partition coefficient (Wildman–Crippen LogP) is 4.22. The van der Waals surface area contributed by atoms with Crippen molar-refractivity contribution >= 4 is 23.7 Å². The van der Waals surface area contributed by atoms with Gasteiger partial charge < -0.3 is 9.88 Å². The van der Waals surface area contributed by atoms with E-state index in [1.54, 1.807) is 51.1 Å². The first kappa shape index (κ1) is 22.8. The van der Waals surface area contributed by atoms with Gasteiger partial charge in [-0.05, 0) is 33.3 Å². The first-order chi connectivity index (χ1) is 13.4. The van der Waals surface area contributed by atoms with E-state index in [1.165, 1.54) is 13.1 Å². The third-order valence-corrected chi connectivity index (χ3v) is 4.71. The monoisotopic (exact) mass is 428 g/mol. The molecule has 1 unspecified atom stereocenters. The van der Waals surface area contributed by atoms with Gasteiger partial charge in [0.1, 0.15) is 6.54 Å². The molecule has 1 heterocycles. The average molecular weight is 428 g/mol. The van der Waals surface area contributed by atoms with Gasteiger partial charge in [-0.1, -0.05) is 42.1 Å². The van der Waals surface area contributed by atoms with Crippen molar-refractivity contribution in [2.45, 2.75) is 56.4 Å². The molecule has 0 aliphatic carbocycles. The van der Waals surface area contributed by atoms with E-state index in [0.29, 0.717) is 11.3 Å². The second-order valence-electron chi connectivity index (χ2n) is 7.45. The number of halogens is 3. The molecule has 1 aromatic carbocycles. The van der Waals surface area contributed by atoms with Gasteiger partial charge in [-0.2, -0.15) is 13.2 Å². The van der Waals surface area contributed by atoms with Gasteiger partial charge in [0.15, 0.2) is 5.16 Å². The first-order valence-electron chi connectivity index (χ1n) is 8.83. The van der Waals surface area contributed by atoms with E-state index in [4.69, 9.17) is 0 Å². The lowest BCUT2D eigenvalue weighted by atomic mass is 10.1. The Morgan fingerprint density at radius 2 is 1.79 bits per heavy atom. The highest BCUT2D eigenvalue weighted by Gasteiger charge is 2.32. The average Bonchev–Trinajstić information content (AvgIpc) is 2.94. The molecule has 0 spiro atoms. The zero-order valence-electron chi connectivity index (χ0n) is 16.5. The molecule has 0 fully saturated rings. The van der Waals surface area contributed by atoms with E-state index in [2.05, 4.69) is 15.6 Å². The molecule has 2 N–H and O–H groups in total. The maximum Gasteiger partial charge on any atom is 0.406 e. The Bertz CT molecular complexity index is 861. The van der Waals surface area contributed by atoms with Gasteiger partial charge >= 0.3 is 12.2 Å². The van der Waals surface area contributed by atoms with E-state index in [9.17, 15) is 22.8 Å². The van der Waals surface area contributed by atoms with Crippen LogP contribution in [0.15, 0.2) is 41.7 Å². The third-order valence-electron chi connectivity index (χ3n) is 3.60. The summed E-state index contributed by atoms with van der Waals surface area (Å²) in [5.74, 6) is -0.625. The van der Waals surface area contributed by atoms with Crippen molar-refractivity contribution in [3.63, 3.8) is 0 Å². The Balaban J connectivity index is 2.20. The summed E-state index contributed by atoms with van der Waals surface area (Å²) >= 11 is 0.854. The van der Waals surface area contributed by atoms with Crippen molar-refractivity contribution in [2.75, 3.05) is 0 Å². The number of alkyl halides is 3. The molecule has 2 rings (SSSR count). The standard InChI is InChI=1S/C19H23F3N4O2S/c1-12(15(27)24-16(28)25-18(2,3)4)29-17-23-10-14(13-8-6-5-7-9-13)26(17)11-19(20,21)22/h5-10,12H,11H2,1-4H3,(H2,24,25,27,28). The van der Waals surface area contributed by atoms with Gasteiger partial charge in [0.2, 0.25) is 5.91 Å². The van der Waals surface area contributed by atoms with E-state index in [1.807, 2.05) is 0 Å². The molecule has 0 radical (unpaired) electrons. The molecule has 0 saturated carbocycles. The molecule has 29 heavy (non-hydrogen) atoms. The summed E-state index contributed by atoms with van der Waals surface area (Å²) < 4.78 is 40.4. The topological polar surface area (TPSA) is 76.0 Å². The van der Waals surface area contributed by atoms with Crippen LogP contribution in [0.25, 0.3) is 11.3 Å². The van der Waals surface area contributed by atoms with Gasteiger partial charge in [0.05, 0.1) is 17.1 Å². The summed E-state index contributed by atoms with van der Waals surface area (Å²) in [6.07, 6.45) is -3.11. The highest BCUT2D eigenvalue weighted by molar-refractivity contribution is 8.00. The fraction of sp³-hybridized carbons (Fsp3) is 0.421. The highest BCUT2D eigenvalue weighted by atomic mass is 32.2. The number of carbonyl (C=O) groups excluding carboxylic acids is 2. The van der Waals surface area contributed by atoms with Crippen LogP contribution in [-0.4, -0.2) is 38.5 Å². The van der Waals surface area contributed by atoms with Crippen molar-refractivity contribution in [3.05, 3.63) is 36.5 Å². The maximum absolute atomic E-state index is 13.1. The Labute approximate surface area is 171 Å². The van der Waals surface area contributed by atoms with Crippen LogP contribution in [0.5, 0.6) is 0 Å². The van der Waals surface area contributed by atoms with Gasteiger partial charge in [0.25, 0.3) is 0 Å². The predicted molar refractivity (Wildman–Crippen MR) is 105 cm³/mol. The number of carbonyl (C=O) groups is 2. The fourth-order valence-electron chi connectivity index (χ4n) is 2.42. The van der Waals surface area contributed by atoms with Crippen LogP contribution in [0, 0.1) is 0 Å². The second kappa shape index (κ2) is 8.89. The molecule has 158 valence electrons. The smallest absolute Gasteiger partial charge is 0.333 e. The van der Waals surface area contributed by atoms with Crippen molar-refractivity contribution in [1.82, 2.24) is 20.2 Å². The van der Waals surface area contributed by atoms with Crippen LogP contribution in [-0.2, 0) is 11.3 Å². The number of nitrogens with zero attached hydrogens (tertiary/aromatic N) is 2. The van der Waals surface area contributed by atoms with Crippen LogP contribution in [0.3, 0.4) is 0 Å². The van der Waals surface area contributed by atoms with Crippen molar-refractivity contribution in [1.29, 1.82) is 0 Å². The molecular weight excluding hydrogens is 405 g/mol. The zero-order valence-corrected chi connectivity index (χ0v) is 17.3. The fourth-order valence-corrected chi connectivity index (χ4v) is 3.31. The van der Waals surface area contributed by atoms with Crippen molar-refractivity contribution < 1.29 is 22.8 Å². The molecule has 0 bridgehead atoms. The summed E-state index contributed by atoms with van der Waals surface area (Å²) in [6.45, 7) is 5.54. The van der Waals surface area contributed by atoms with Gasteiger partial charge in [0, 0.05) is 5.54 Å². The molecule has 0 aliphatic rings. The summed E-state index contributed by atoms with van der Waals surface area (Å²) in [7, 11) is 0. The lowest BCUT2D eigenvalue weighted by Gasteiger charge is -2.21. The molecule has 3 amide bonds. The van der Waals surface area contributed by atoms with Gasteiger partial charge in [-0.3, -0.25) is 10.1 Å². The van der Waals surface area contributed by atoms with Crippen LogP contribution >= 0.6 is 11.8 Å². The number of aromatic nitrogens is 2. The summed E-state index contributed by atoms with van der Waals surface area (Å²) in [4.78, 5) is 28.2. The quantitative estimate of drug-likeness (QED) is 0.700. The molecule has 6 nitrogen and oxygen atoms in total. The molecule has 1 aromatic heterocycles. The second-order valence-corrected chi connectivity index (χ2v) is 8.75. The minimum atomic E-state index is -4.46. The van der Waals surface area contributed by atoms with Crippen molar-refractivity contribution in [3.8, 4) is 11.3 Å². The number of thioether (sulfide) groups is 1. The summed E-state index contributed by atoms with van der Waals surface area (Å²) in [5.41, 5.74) is 0.343. The number of imidazole rings is 1. The third kappa shape index (κ3) is 7.12.